The number of fused-ring (bicyclic) bond motifs is 1. The van der Waals surface area contributed by atoms with Crippen LogP contribution in [0.5, 0.6) is 11.5 Å². The Kier molecular flexibility index (Phi) is 7.19. The van der Waals surface area contributed by atoms with Crippen LogP contribution in [-0.2, 0) is 14.3 Å². The number of likely N-dealkylation sites (tertiary alicyclic amines) is 1. The first kappa shape index (κ1) is 23.4. The summed E-state index contributed by atoms with van der Waals surface area (Å²) in [6.07, 6.45) is 0.659. The molecule has 172 valence electrons. The molecule has 7 nitrogen and oxygen atoms in total. The largest absolute Gasteiger partial charge is 0.486 e. The molecule has 3 rings (SSSR count). The van der Waals surface area contributed by atoms with Crippen molar-refractivity contribution in [3.63, 3.8) is 0 Å². The summed E-state index contributed by atoms with van der Waals surface area (Å²) in [4.78, 5) is 26.9. The Morgan fingerprint density at radius 1 is 1.26 bits per heavy atom. The van der Waals surface area contributed by atoms with Crippen LogP contribution in [0.3, 0.4) is 0 Å². The Morgan fingerprint density at radius 2 is 1.90 bits per heavy atom. The summed E-state index contributed by atoms with van der Waals surface area (Å²) in [5, 5.41) is -0.170. The van der Waals surface area contributed by atoms with E-state index in [4.69, 9.17) is 30.5 Å². The van der Waals surface area contributed by atoms with Gasteiger partial charge in [-0.25, -0.2) is 9.18 Å². The van der Waals surface area contributed by atoms with Crippen LogP contribution >= 0.6 is 11.6 Å². The molecular formula is C22H29ClFNO6. The topological polar surface area (TPSA) is 74.3 Å². The van der Waals surface area contributed by atoms with Crippen LogP contribution in [-0.4, -0.2) is 55.5 Å². The number of amides is 1. The maximum Gasteiger partial charge on any atom is 0.410 e. The van der Waals surface area contributed by atoms with Crippen LogP contribution in [0.2, 0.25) is 5.02 Å². The summed E-state index contributed by atoms with van der Waals surface area (Å²) in [5.74, 6) is -1.99. The molecule has 9 heteroatoms. The van der Waals surface area contributed by atoms with Gasteiger partial charge in [0, 0.05) is 13.1 Å². The molecule has 0 radical (unpaired) electrons. The smallest absolute Gasteiger partial charge is 0.410 e. The fourth-order valence-corrected chi connectivity index (χ4v) is 4.17. The summed E-state index contributed by atoms with van der Waals surface area (Å²) >= 11 is 6.34. The molecular weight excluding hydrogens is 429 g/mol. The van der Waals surface area contributed by atoms with Crippen LogP contribution in [0, 0.1) is 11.7 Å². The van der Waals surface area contributed by atoms with E-state index in [1.807, 2.05) is 20.8 Å². The van der Waals surface area contributed by atoms with Gasteiger partial charge in [0.25, 0.3) is 0 Å². The molecule has 1 fully saturated rings. The molecule has 2 aliphatic heterocycles. The van der Waals surface area contributed by atoms with E-state index in [0.29, 0.717) is 31.5 Å². The van der Waals surface area contributed by atoms with Crippen molar-refractivity contribution in [3.05, 3.63) is 22.5 Å². The first-order valence-corrected chi connectivity index (χ1v) is 10.9. The molecule has 0 bridgehead atoms. The van der Waals surface area contributed by atoms with Crippen LogP contribution in [0.25, 0.3) is 0 Å². The van der Waals surface area contributed by atoms with Crippen LogP contribution < -0.4 is 9.47 Å². The van der Waals surface area contributed by atoms with Gasteiger partial charge in [0.1, 0.15) is 18.8 Å². The molecule has 2 heterocycles. The minimum atomic E-state index is -0.779. The number of rotatable bonds is 4. The Labute approximate surface area is 186 Å². The number of nitrogens with zero attached hydrogens (tertiary/aromatic N) is 1. The minimum Gasteiger partial charge on any atom is -0.486 e. The summed E-state index contributed by atoms with van der Waals surface area (Å²) < 4.78 is 36.5. The third kappa shape index (κ3) is 5.34. The number of esters is 1. The summed E-state index contributed by atoms with van der Waals surface area (Å²) in [6.45, 7) is 8.69. The zero-order valence-electron chi connectivity index (χ0n) is 18.3. The Morgan fingerprint density at radius 3 is 2.52 bits per heavy atom. The summed E-state index contributed by atoms with van der Waals surface area (Å²) in [6, 6.07) is 1.57. The van der Waals surface area contributed by atoms with Gasteiger partial charge in [-0.1, -0.05) is 11.6 Å². The van der Waals surface area contributed by atoms with Crippen molar-refractivity contribution in [1.29, 1.82) is 0 Å². The van der Waals surface area contributed by atoms with Gasteiger partial charge in [0.15, 0.2) is 17.3 Å². The number of ether oxygens (including phenoxy) is 4. The standard InChI is InChI=1S/C22H29ClFNO6/c1-5-28-20(26)16(13-6-8-25(9-7-13)21(27)31-22(2,3)4)14-12-15-19(18(24)17(14)23)30-11-10-29-15/h12-13,16H,5-11H2,1-4H3. The predicted molar refractivity (Wildman–Crippen MR) is 112 cm³/mol. The number of halogens is 2. The minimum absolute atomic E-state index is 0.0395. The highest BCUT2D eigenvalue weighted by Gasteiger charge is 2.38. The average Bonchev–Trinajstić information content (AvgIpc) is 2.71. The number of hydrogen-bond donors (Lipinski definition) is 0. The Balaban J connectivity index is 1.84. The van der Waals surface area contributed by atoms with Crippen molar-refractivity contribution >= 4 is 23.7 Å². The van der Waals surface area contributed by atoms with Crippen molar-refractivity contribution in [3.8, 4) is 11.5 Å². The normalized spacial score (nSPS) is 17.8. The van der Waals surface area contributed by atoms with Gasteiger partial charge in [0.2, 0.25) is 0 Å². The Hall–Kier alpha value is -2.22. The first-order chi connectivity index (χ1) is 14.6. The van der Waals surface area contributed by atoms with Crippen molar-refractivity contribution in [2.75, 3.05) is 32.9 Å². The zero-order valence-corrected chi connectivity index (χ0v) is 19.1. The number of benzene rings is 1. The highest BCUT2D eigenvalue weighted by Crippen LogP contribution is 2.45. The molecule has 1 aromatic carbocycles. The van der Waals surface area contributed by atoms with Gasteiger partial charge < -0.3 is 23.8 Å². The van der Waals surface area contributed by atoms with Gasteiger partial charge >= 0.3 is 12.1 Å². The second-order valence-electron chi connectivity index (χ2n) is 8.65. The number of carbonyl (C=O) groups is 2. The number of hydrogen-bond acceptors (Lipinski definition) is 6. The zero-order chi connectivity index (χ0) is 22.8. The Bertz CT molecular complexity index is 832. The average molecular weight is 458 g/mol. The predicted octanol–water partition coefficient (Wildman–Crippen LogP) is 4.54. The van der Waals surface area contributed by atoms with E-state index in [1.165, 1.54) is 0 Å². The molecule has 2 aliphatic rings. The van der Waals surface area contributed by atoms with E-state index in [1.54, 1.807) is 17.9 Å². The lowest BCUT2D eigenvalue weighted by Gasteiger charge is -2.36. The van der Waals surface area contributed by atoms with Crippen molar-refractivity contribution in [2.45, 2.75) is 52.1 Å². The van der Waals surface area contributed by atoms with E-state index in [-0.39, 0.29) is 48.4 Å². The second-order valence-corrected chi connectivity index (χ2v) is 9.03. The van der Waals surface area contributed by atoms with Crippen LogP contribution in [0.4, 0.5) is 9.18 Å². The second kappa shape index (κ2) is 9.51. The molecule has 0 spiro atoms. The lowest BCUT2D eigenvalue weighted by atomic mass is 9.79. The lowest BCUT2D eigenvalue weighted by Crippen LogP contribution is -2.43. The third-order valence-corrected chi connectivity index (χ3v) is 5.67. The third-order valence-electron chi connectivity index (χ3n) is 5.28. The molecule has 1 unspecified atom stereocenters. The van der Waals surface area contributed by atoms with E-state index < -0.39 is 23.3 Å². The lowest BCUT2D eigenvalue weighted by molar-refractivity contribution is -0.146. The van der Waals surface area contributed by atoms with Gasteiger partial charge in [-0.3, -0.25) is 4.79 Å². The summed E-state index contributed by atoms with van der Waals surface area (Å²) in [5.41, 5.74) is -0.268. The van der Waals surface area contributed by atoms with Crippen molar-refractivity contribution in [2.24, 2.45) is 5.92 Å². The maximum absolute atomic E-state index is 14.9. The van der Waals surface area contributed by atoms with Crippen molar-refractivity contribution < 1.29 is 32.9 Å². The monoisotopic (exact) mass is 457 g/mol. The van der Waals surface area contributed by atoms with Crippen molar-refractivity contribution in [1.82, 2.24) is 4.90 Å². The fourth-order valence-electron chi connectivity index (χ4n) is 3.92. The molecule has 0 N–H and O–H groups in total. The maximum atomic E-state index is 14.9. The number of piperidine rings is 1. The molecule has 0 aromatic heterocycles. The molecule has 1 saturated heterocycles. The quantitative estimate of drug-likeness (QED) is 0.618. The number of carbonyl (C=O) groups excluding carboxylic acids is 2. The molecule has 31 heavy (non-hydrogen) atoms. The van der Waals surface area contributed by atoms with Gasteiger partial charge in [-0.05, 0) is 58.1 Å². The van der Waals surface area contributed by atoms with E-state index in [0.717, 1.165) is 0 Å². The van der Waals surface area contributed by atoms with Gasteiger partial charge in [-0.15, -0.1) is 0 Å². The SMILES string of the molecule is CCOC(=O)C(c1cc2c(c(F)c1Cl)OCCO2)C1CCN(C(=O)OC(C)(C)C)CC1. The molecule has 1 aromatic rings. The van der Waals surface area contributed by atoms with Gasteiger partial charge in [0.05, 0.1) is 17.5 Å². The first-order valence-electron chi connectivity index (χ1n) is 10.5. The molecule has 0 saturated carbocycles. The molecule has 1 amide bonds. The highest BCUT2D eigenvalue weighted by atomic mass is 35.5. The van der Waals surface area contributed by atoms with Crippen LogP contribution in [0.1, 0.15) is 52.0 Å². The fraction of sp³-hybridized carbons (Fsp3) is 0.636. The molecule has 0 aliphatic carbocycles. The van der Waals surface area contributed by atoms with E-state index >= 15 is 0 Å². The molecule has 1 atom stereocenters. The highest BCUT2D eigenvalue weighted by molar-refractivity contribution is 6.32. The van der Waals surface area contributed by atoms with E-state index in [2.05, 4.69) is 0 Å². The van der Waals surface area contributed by atoms with E-state index in [9.17, 15) is 14.0 Å². The van der Waals surface area contributed by atoms with Crippen LogP contribution in [0.15, 0.2) is 6.07 Å². The van der Waals surface area contributed by atoms with Gasteiger partial charge in [-0.2, -0.15) is 0 Å². The summed E-state index contributed by atoms with van der Waals surface area (Å²) in [7, 11) is 0.